The van der Waals surface area contributed by atoms with Crippen molar-refractivity contribution in [3.05, 3.63) is 5.82 Å². The first-order valence-corrected chi connectivity index (χ1v) is 9.09. The van der Waals surface area contributed by atoms with E-state index in [0.717, 1.165) is 63.4 Å². The van der Waals surface area contributed by atoms with Crippen LogP contribution in [-0.4, -0.2) is 84.2 Å². The number of aryl methyl sites for hydroxylation is 1. The summed E-state index contributed by atoms with van der Waals surface area (Å²) in [4.78, 5) is 12.0. The van der Waals surface area contributed by atoms with E-state index >= 15 is 0 Å². The van der Waals surface area contributed by atoms with Gasteiger partial charge in [0, 0.05) is 57.3 Å². The summed E-state index contributed by atoms with van der Waals surface area (Å²) >= 11 is 1.53. The summed E-state index contributed by atoms with van der Waals surface area (Å²) in [5, 5.41) is 1.08. The van der Waals surface area contributed by atoms with E-state index in [-0.39, 0.29) is 0 Å². The van der Waals surface area contributed by atoms with Crippen molar-refractivity contribution in [1.29, 1.82) is 0 Å². The maximum absolute atomic E-state index is 5.61. The van der Waals surface area contributed by atoms with E-state index in [2.05, 4.69) is 31.0 Å². The normalized spacial score (nSPS) is 25.4. The molecule has 0 spiro atoms. The van der Waals surface area contributed by atoms with Gasteiger partial charge >= 0.3 is 0 Å². The van der Waals surface area contributed by atoms with Crippen molar-refractivity contribution in [1.82, 2.24) is 19.2 Å². The Balaban J connectivity index is 1.44. The Hall–Kier alpha value is -0.760. The summed E-state index contributed by atoms with van der Waals surface area (Å²) in [6, 6.07) is 0. The van der Waals surface area contributed by atoms with E-state index in [0.29, 0.717) is 6.10 Å². The Morgan fingerprint density at radius 1 is 1.14 bits per heavy atom. The minimum Gasteiger partial charge on any atom is -0.376 e. The molecule has 6 nitrogen and oxygen atoms in total. The van der Waals surface area contributed by atoms with Crippen LogP contribution in [0.4, 0.5) is 5.13 Å². The number of anilines is 1. The Labute approximate surface area is 137 Å². The van der Waals surface area contributed by atoms with Crippen LogP contribution >= 0.6 is 11.5 Å². The van der Waals surface area contributed by atoms with Gasteiger partial charge in [-0.3, -0.25) is 4.90 Å². The lowest BCUT2D eigenvalue weighted by Crippen LogP contribution is -2.45. The van der Waals surface area contributed by atoms with Crippen LogP contribution < -0.4 is 4.90 Å². The van der Waals surface area contributed by atoms with Crippen molar-refractivity contribution in [2.45, 2.75) is 26.4 Å². The molecule has 0 aliphatic carbocycles. The second-order valence-electron chi connectivity index (χ2n) is 6.29. The fourth-order valence-corrected chi connectivity index (χ4v) is 3.90. The van der Waals surface area contributed by atoms with Crippen LogP contribution in [0.2, 0.25) is 0 Å². The Morgan fingerprint density at radius 3 is 2.77 bits per heavy atom. The van der Waals surface area contributed by atoms with E-state index in [9.17, 15) is 0 Å². The standard InChI is InChI=1S/C15H27N5OS/c1-13-12-19(10-11-21-13)7-6-18-4-3-5-20(9-8-18)15-16-14(2)17-22-15/h13H,3-12H2,1-2H3/t13-/m1/s1. The first kappa shape index (κ1) is 16.1. The Morgan fingerprint density at radius 2 is 2.00 bits per heavy atom. The first-order chi connectivity index (χ1) is 10.7. The highest BCUT2D eigenvalue weighted by atomic mass is 32.1. The van der Waals surface area contributed by atoms with Gasteiger partial charge in [-0.1, -0.05) is 0 Å². The van der Waals surface area contributed by atoms with Gasteiger partial charge in [0.25, 0.3) is 0 Å². The molecule has 22 heavy (non-hydrogen) atoms. The number of hydrogen-bond acceptors (Lipinski definition) is 7. The van der Waals surface area contributed by atoms with E-state index in [1.54, 1.807) is 0 Å². The summed E-state index contributed by atoms with van der Waals surface area (Å²) in [6.07, 6.45) is 1.59. The molecule has 0 unspecified atom stereocenters. The molecule has 124 valence electrons. The fourth-order valence-electron chi connectivity index (χ4n) is 3.18. The third kappa shape index (κ3) is 4.38. The van der Waals surface area contributed by atoms with Crippen LogP contribution in [0, 0.1) is 6.92 Å². The highest BCUT2D eigenvalue weighted by Gasteiger charge is 2.20. The molecule has 1 atom stereocenters. The van der Waals surface area contributed by atoms with Gasteiger partial charge in [-0.2, -0.15) is 4.37 Å². The number of aromatic nitrogens is 2. The lowest BCUT2D eigenvalue weighted by Gasteiger charge is -2.32. The Kier molecular flexibility index (Phi) is 5.62. The summed E-state index contributed by atoms with van der Waals surface area (Å²) < 4.78 is 9.91. The summed E-state index contributed by atoms with van der Waals surface area (Å²) in [5.41, 5.74) is 0. The average molecular weight is 325 g/mol. The van der Waals surface area contributed by atoms with Gasteiger partial charge in [-0.05, 0) is 26.8 Å². The van der Waals surface area contributed by atoms with Gasteiger partial charge in [-0.25, -0.2) is 4.98 Å². The number of nitrogens with zero attached hydrogens (tertiary/aromatic N) is 5. The number of ether oxygens (including phenoxy) is 1. The zero-order chi connectivity index (χ0) is 15.4. The van der Waals surface area contributed by atoms with E-state index in [1.807, 2.05) is 6.92 Å². The third-order valence-corrected chi connectivity index (χ3v) is 5.30. The zero-order valence-corrected chi connectivity index (χ0v) is 14.5. The van der Waals surface area contributed by atoms with Gasteiger partial charge in [0.1, 0.15) is 5.82 Å². The molecule has 1 aromatic rings. The predicted molar refractivity (Wildman–Crippen MR) is 89.8 cm³/mol. The largest absolute Gasteiger partial charge is 0.376 e. The lowest BCUT2D eigenvalue weighted by atomic mass is 10.3. The molecule has 1 aromatic heterocycles. The molecule has 2 saturated heterocycles. The predicted octanol–water partition coefficient (Wildman–Crippen LogP) is 1.08. The van der Waals surface area contributed by atoms with E-state index in [1.165, 1.54) is 24.5 Å². The third-order valence-electron chi connectivity index (χ3n) is 4.43. The minimum absolute atomic E-state index is 0.383. The SMILES string of the molecule is Cc1nsc(N2CCCN(CCN3CCO[C@H](C)C3)CC2)n1. The molecule has 0 radical (unpaired) electrons. The highest BCUT2D eigenvalue weighted by molar-refractivity contribution is 7.09. The maximum atomic E-state index is 5.61. The molecular formula is C15H27N5OS. The number of hydrogen-bond donors (Lipinski definition) is 0. The van der Waals surface area contributed by atoms with Gasteiger partial charge in [-0.15, -0.1) is 0 Å². The Bertz CT molecular complexity index is 469. The van der Waals surface area contributed by atoms with Gasteiger partial charge in [0.2, 0.25) is 5.13 Å². The summed E-state index contributed by atoms with van der Waals surface area (Å²) in [5.74, 6) is 0.891. The van der Waals surface area contributed by atoms with Gasteiger partial charge < -0.3 is 14.5 Å². The molecule has 7 heteroatoms. The van der Waals surface area contributed by atoms with Crippen molar-refractivity contribution in [3.8, 4) is 0 Å². The van der Waals surface area contributed by atoms with Crippen LogP contribution in [-0.2, 0) is 4.74 Å². The number of rotatable bonds is 4. The molecule has 2 aliphatic rings. The summed E-state index contributed by atoms with van der Waals surface area (Å²) in [7, 11) is 0. The molecule has 0 amide bonds. The topological polar surface area (TPSA) is 44.7 Å². The quantitative estimate of drug-likeness (QED) is 0.825. The van der Waals surface area contributed by atoms with Crippen molar-refractivity contribution in [2.75, 3.05) is 63.9 Å². The van der Waals surface area contributed by atoms with Gasteiger partial charge in [0.05, 0.1) is 12.7 Å². The molecule has 0 aromatic carbocycles. The van der Waals surface area contributed by atoms with E-state index in [4.69, 9.17) is 4.74 Å². The zero-order valence-electron chi connectivity index (χ0n) is 13.7. The van der Waals surface area contributed by atoms with Gasteiger partial charge in [0.15, 0.2) is 0 Å². The van der Waals surface area contributed by atoms with Crippen LogP contribution in [0.15, 0.2) is 0 Å². The van der Waals surface area contributed by atoms with Crippen molar-refractivity contribution in [2.24, 2.45) is 0 Å². The van der Waals surface area contributed by atoms with E-state index < -0.39 is 0 Å². The van der Waals surface area contributed by atoms with Crippen LogP contribution in [0.25, 0.3) is 0 Å². The fraction of sp³-hybridized carbons (Fsp3) is 0.867. The van der Waals surface area contributed by atoms with Crippen LogP contribution in [0.3, 0.4) is 0 Å². The first-order valence-electron chi connectivity index (χ1n) is 8.32. The molecule has 0 bridgehead atoms. The molecule has 2 fully saturated rings. The van der Waals surface area contributed by atoms with Crippen LogP contribution in [0.1, 0.15) is 19.2 Å². The molecule has 3 heterocycles. The van der Waals surface area contributed by atoms with Crippen LogP contribution in [0.5, 0.6) is 0 Å². The second-order valence-corrected chi connectivity index (χ2v) is 7.02. The molecule has 0 saturated carbocycles. The molecule has 0 N–H and O–H groups in total. The second kappa shape index (κ2) is 7.68. The van der Waals surface area contributed by atoms with Crippen molar-refractivity contribution < 1.29 is 4.74 Å². The smallest absolute Gasteiger partial charge is 0.205 e. The molecule has 3 rings (SSSR count). The minimum atomic E-state index is 0.383. The molecular weight excluding hydrogens is 298 g/mol. The summed E-state index contributed by atoms with van der Waals surface area (Å²) in [6.45, 7) is 14.0. The average Bonchev–Trinajstić information content (AvgIpc) is 2.80. The maximum Gasteiger partial charge on any atom is 0.205 e. The molecule has 2 aliphatic heterocycles. The van der Waals surface area contributed by atoms with Crippen molar-refractivity contribution in [3.63, 3.8) is 0 Å². The monoisotopic (exact) mass is 325 g/mol. The number of morpholine rings is 1. The highest BCUT2D eigenvalue weighted by Crippen LogP contribution is 2.18. The van der Waals surface area contributed by atoms with Crippen molar-refractivity contribution >= 4 is 16.7 Å². The lowest BCUT2D eigenvalue weighted by molar-refractivity contribution is -0.0204.